The summed E-state index contributed by atoms with van der Waals surface area (Å²) in [6, 6.07) is 0. The van der Waals surface area contributed by atoms with Crippen molar-refractivity contribution in [2.45, 2.75) is 13.3 Å². The molecule has 0 bridgehead atoms. The van der Waals surface area contributed by atoms with Crippen molar-refractivity contribution in [3.8, 4) is 0 Å². The van der Waals surface area contributed by atoms with E-state index in [1.54, 1.807) is 6.20 Å². The van der Waals surface area contributed by atoms with E-state index in [1.165, 1.54) is 13.2 Å². The molecule has 15 heavy (non-hydrogen) atoms. The summed E-state index contributed by atoms with van der Waals surface area (Å²) in [6.45, 7) is 3.12. The summed E-state index contributed by atoms with van der Waals surface area (Å²) in [6.07, 6.45) is 3.70. The van der Waals surface area contributed by atoms with Crippen LogP contribution < -0.4 is 5.73 Å². The predicted octanol–water partition coefficient (Wildman–Crippen LogP) is -0.130. The zero-order chi connectivity index (χ0) is 11.5. The molecule has 1 unspecified atom stereocenters. The highest BCUT2D eigenvalue weighted by molar-refractivity contribution is 5.82. The molecule has 1 heterocycles. The maximum atomic E-state index is 11.1. The lowest BCUT2D eigenvalue weighted by molar-refractivity contribution is -0.134. The average Bonchev–Trinajstić information content (AvgIpc) is 2.58. The van der Waals surface area contributed by atoms with Crippen molar-refractivity contribution >= 4 is 11.9 Å². The van der Waals surface area contributed by atoms with Crippen LogP contribution in [0.5, 0.6) is 0 Å². The van der Waals surface area contributed by atoms with E-state index < -0.39 is 11.4 Å². The molecule has 5 nitrogen and oxygen atoms in total. The Labute approximate surface area is 88.9 Å². The van der Waals surface area contributed by atoms with Gasteiger partial charge < -0.3 is 15.4 Å². The number of amides is 1. The summed E-state index contributed by atoms with van der Waals surface area (Å²) in [4.78, 5) is 23.9. The van der Waals surface area contributed by atoms with Crippen molar-refractivity contribution in [1.29, 1.82) is 0 Å². The number of likely N-dealkylation sites (tertiary alicyclic amines) is 1. The smallest absolute Gasteiger partial charge is 0.331 e. The second-order valence-electron chi connectivity index (χ2n) is 3.98. The lowest BCUT2D eigenvalue weighted by atomic mass is 9.89. The molecule has 1 aliphatic rings. The molecule has 0 radical (unpaired) electrons. The number of esters is 1. The van der Waals surface area contributed by atoms with Crippen LogP contribution in [0.1, 0.15) is 13.3 Å². The number of ether oxygens (including phenoxy) is 1. The summed E-state index contributed by atoms with van der Waals surface area (Å²) in [5.74, 6) is -0.695. The van der Waals surface area contributed by atoms with Gasteiger partial charge >= 0.3 is 5.97 Å². The third kappa shape index (κ3) is 2.71. The van der Waals surface area contributed by atoms with E-state index >= 15 is 0 Å². The molecule has 84 valence electrons. The van der Waals surface area contributed by atoms with Crippen LogP contribution in [0, 0.1) is 5.41 Å². The molecule has 0 saturated carbocycles. The van der Waals surface area contributed by atoms with Crippen molar-refractivity contribution < 1.29 is 14.3 Å². The molecule has 0 aromatic carbocycles. The highest BCUT2D eigenvalue weighted by Crippen LogP contribution is 2.29. The van der Waals surface area contributed by atoms with Crippen LogP contribution in [0.2, 0.25) is 0 Å². The van der Waals surface area contributed by atoms with E-state index in [0.717, 1.165) is 6.54 Å². The Morgan fingerprint density at radius 2 is 2.20 bits per heavy atom. The Balaban J connectivity index is 2.54. The summed E-state index contributed by atoms with van der Waals surface area (Å²) >= 11 is 0. The van der Waals surface area contributed by atoms with Crippen molar-refractivity contribution in [3.63, 3.8) is 0 Å². The number of carbonyl (C=O) groups excluding carboxylic acids is 2. The Bertz CT molecular complexity index is 301. The van der Waals surface area contributed by atoms with Gasteiger partial charge in [-0.15, -0.1) is 0 Å². The topological polar surface area (TPSA) is 72.6 Å². The normalized spacial score (nSPS) is 25.9. The molecule has 0 aliphatic carbocycles. The maximum absolute atomic E-state index is 11.1. The van der Waals surface area contributed by atoms with E-state index in [0.29, 0.717) is 13.0 Å². The molecule has 0 spiro atoms. The average molecular weight is 212 g/mol. The van der Waals surface area contributed by atoms with Crippen LogP contribution in [-0.2, 0) is 14.3 Å². The van der Waals surface area contributed by atoms with E-state index in [-0.39, 0.29) is 5.91 Å². The van der Waals surface area contributed by atoms with Gasteiger partial charge in [-0.25, -0.2) is 4.79 Å². The molecule has 5 heteroatoms. The number of hydrogen-bond acceptors (Lipinski definition) is 4. The molecular weight excluding hydrogens is 196 g/mol. The van der Waals surface area contributed by atoms with Gasteiger partial charge in [0.15, 0.2) is 0 Å². The minimum Gasteiger partial charge on any atom is -0.466 e. The summed E-state index contributed by atoms with van der Waals surface area (Å²) in [5, 5.41) is 0. The van der Waals surface area contributed by atoms with E-state index in [9.17, 15) is 9.59 Å². The van der Waals surface area contributed by atoms with Crippen molar-refractivity contribution in [2.75, 3.05) is 20.2 Å². The van der Waals surface area contributed by atoms with Gasteiger partial charge in [-0.05, 0) is 13.3 Å². The summed E-state index contributed by atoms with van der Waals surface area (Å²) in [7, 11) is 1.32. The van der Waals surface area contributed by atoms with Crippen molar-refractivity contribution in [2.24, 2.45) is 11.1 Å². The highest BCUT2D eigenvalue weighted by atomic mass is 16.5. The minimum atomic E-state index is -0.486. The molecule has 1 amide bonds. The van der Waals surface area contributed by atoms with Crippen LogP contribution in [-0.4, -0.2) is 37.0 Å². The largest absolute Gasteiger partial charge is 0.466 e. The Hall–Kier alpha value is -1.52. The predicted molar refractivity (Wildman–Crippen MR) is 54.6 cm³/mol. The van der Waals surface area contributed by atoms with Crippen molar-refractivity contribution in [1.82, 2.24) is 4.90 Å². The first kappa shape index (κ1) is 11.6. The van der Waals surface area contributed by atoms with Gasteiger partial charge in [0.05, 0.1) is 12.5 Å². The standard InChI is InChI=1S/C10H16N2O3/c1-10(9(11)14)4-6-12(7-10)5-3-8(13)15-2/h3,5H,4,6-7H2,1-2H3,(H2,11,14)/b5-3+. The SMILES string of the molecule is COC(=O)/C=C/N1CCC(C)(C(N)=O)C1. The fourth-order valence-electron chi connectivity index (χ4n) is 1.56. The highest BCUT2D eigenvalue weighted by Gasteiger charge is 2.37. The summed E-state index contributed by atoms with van der Waals surface area (Å²) < 4.78 is 4.47. The zero-order valence-corrected chi connectivity index (χ0v) is 9.03. The molecule has 1 rings (SSSR count). The number of methoxy groups -OCH3 is 1. The monoisotopic (exact) mass is 212 g/mol. The van der Waals surface area contributed by atoms with Gasteiger partial charge in [-0.3, -0.25) is 4.79 Å². The van der Waals surface area contributed by atoms with Crippen molar-refractivity contribution in [3.05, 3.63) is 12.3 Å². The van der Waals surface area contributed by atoms with Crippen LogP contribution in [0.4, 0.5) is 0 Å². The summed E-state index contributed by atoms with van der Waals surface area (Å²) in [5.41, 5.74) is 4.81. The quantitative estimate of drug-likeness (QED) is 0.522. The Morgan fingerprint density at radius 3 is 2.67 bits per heavy atom. The first-order valence-electron chi connectivity index (χ1n) is 4.78. The van der Waals surface area contributed by atoms with Crippen LogP contribution in [0.25, 0.3) is 0 Å². The number of rotatable bonds is 3. The number of hydrogen-bond donors (Lipinski definition) is 1. The van der Waals surface area contributed by atoms with E-state index in [1.807, 2.05) is 11.8 Å². The molecule has 0 aromatic heterocycles. The molecular formula is C10H16N2O3. The number of nitrogens with zero attached hydrogens (tertiary/aromatic N) is 1. The molecule has 2 N–H and O–H groups in total. The fraction of sp³-hybridized carbons (Fsp3) is 0.600. The van der Waals surface area contributed by atoms with Crippen LogP contribution in [0.3, 0.4) is 0 Å². The molecule has 1 aliphatic heterocycles. The van der Waals surface area contributed by atoms with Gasteiger partial charge in [0.25, 0.3) is 0 Å². The lowest BCUT2D eigenvalue weighted by Crippen LogP contribution is -2.36. The van der Waals surface area contributed by atoms with Gasteiger partial charge in [-0.1, -0.05) is 0 Å². The third-order valence-corrected chi connectivity index (χ3v) is 2.72. The van der Waals surface area contributed by atoms with Crippen LogP contribution >= 0.6 is 0 Å². The molecule has 1 atom stereocenters. The van der Waals surface area contributed by atoms with Gasteiger partial charge in [0.1, 0.15) is 0 Å². The molecule has 1 fully saturated rings. The second-order valence-corrected chi connectivity index (χ2v) is 3.98. The first-order valence-corrected chi connectivity index (χ1v) is 4.78. The van der Waals surface area contributed by atoms with Gasteiger partial charge in [-0.2, -0.15) is 0 Å². The zero-order valence-electron chi connectivity index (χ0n) is 9.03. The molecule has 1 saturated heterocycles. The Kier molecular flexibility index (Phi) is 3.34. The third-order valence-electron chi connectivity index (χ3n) is 2.72. The van der Waals surface area contributed by atoms with Crippen LogP contribution in [0.15, 0.2) is 12.3 Å². The lowest BCUT2D eigenvalue weighted by Gasteiger charge is -2.19. The molecule has 0 aromatic rings. The fourth-order valence-corrected chi connectivity index (χ4v) is 1.56. The minimum absolute atomic E-state index is 0.295. The van der Waals surface area contributed by atoms with E-state index in [2.05, 4.69) is 4.74 Å². The van der Waals surface area contributed by atoms with Gasteiger partial charge in [0, 0.05) is 25.4 Å². The van der Waals surface area contributed by atoms with E-state index in [4.69, 9.17) is 5.73 Å². The maximum Gasteiger partial charge on any atom is 0.331 e. The number of carbonyl (C=O) groups is 2. The van der Waals surface area contributed by atoms with Gasteiger partial charge in [0.2, 0.25) is 5.91 Å². The number of nitrogens with two attached hydrogens (primary N) is 1. The first-order chi connectivity index (χ1) is 6.98. The second kappa shape index (κ2) is 4.33. The Morgan fingerprint density at radius 1 is 1.53 bits per heavy atom. The number of primary amides is 1.